The maximum atomic E-state index is 11.3. The van der Waals surface area contributed by atoms with Crippen LogP contribution in [-0.2, 0) is 17.2 Å². The van der Waals surface area contributed by atoms with Gasteiger partial charge in [-0.15, -0.1) is 11.6 Å². The van der Waals surface area contributed by atoms with Gasteiger partial charge >= 0.3 is 5.97 Å². The van der Waals surface area contributed by atoms with E-state index in [1.54, 1.807) is 6.07 Å². The Morgan fingerprint density at radius 1 is 1.62 bits per heavy atom. The molecule has 21 heavy (non-hydrogen) atoms. The van der Waals surface area contributed by atoms with Gasteiger partial charge in [0.05, 0.1) is 36.7 Å². The zero-order chi connectivity index (χ0) is 15.0. The van der Waals surface area contributed by atoms with Gasteiger partial charge < -0.3 is 19.1 Å². The molecule has 1 aromatic heterocycles. The van der Waals surface area contributed by atoms with Crippen molar-refractivity contribution in [3.8, 4) is 5.75 Å². The van der Waals surface area contributed by atoms with Gasteiger partial charge in [-0.2, -0.15) is 0 Å². The Hall–Kier alpha value is -1.79. The summed E-state index contributed by atoms with van der Waals surface area (Å²) in [4.78, 5) is 15.7. The molecule has 1 aliphatic heterocycles. The van der Waals surface area contributed by atoms with Crippen LogP contribution in [0.1, 0.15) is 22.6 Å². The van der Waals surface area contributed by atoms with Crippen molar-refractivity contribution in [3.63, 3.8) is 0 Å². The fourth-order valence-electron chi connectivity index (χ4n) is 2.46. The van der Waals surface area contributed by atoms with Crippen molar-refractivity contribution in [2.24, 2.45) is 0 Å². The molecule has 1 unspecified atom stereocenters. The quantitative estimate of drug-likeness (QED) is 0.858. The third-order valence-corrected chi connectivity index (χ3v) is 3.90. The third-order valence-electron chi connectivity index (χ3n) is 3.66. The van der Waals surface area contributed by atoms with Crippen LogP contribution in [0.5, 0.6) is 5.75 Å². The number of carboxylic acid groups (broad SMARTS) is 1. The van der Waals surface area contributed by atoms with Crippen molar-refractivity contribution >= 4 is 28.6 Å². The summed E-state index contributed by atoms with van der Waals surface area (Å²) in [6.07, 6.45) is 1.11. The van der Waals surface area contributed by atoms with E-state index >= 15 is 0 Å². The SMILES string of the molecule is COc1cc(C(=O)O)cc2c1nc(CCl)n2CC1CCO1. The lowest BCUT2D eigenvalue weighted by Crippen LogP contribution is -2.31. The van der Waals surface area contributed by atoms with Gasteiger partial charge in [0.2, 0.25) is 0 Å². The molecule has 1 N–H and O–H groups in total. The predicted molar refractivity (Wildman–Crippen MR) is 77.2 cm³/mol. The molecule has 1 atom stereocenters. The molecule has 3 rings (SSSR count). The number of carboxylic acids is 1. The van der Waals surface area contributed by atoms with Gasteiger partial charge in [0, 0.05) is 6.61 Å². The number of hydrogen-bond acceptors (Lipinski definition) is 4. The number of rotatable bonds is 5. The second-order valence-electron chi connectivity index (χ2n) is 4.91. The van der Waals surface area contributed by atoms with Gasteiger partial charge in [0.1, 0.15) is 17.1 Å². The highest BCUT2D eigenvalue weighted by molar-refractivity contribution is 6.17. The van der Waals surface area contributed by atoms with Gasteiger partial charge in [-0.1, -0.05) is 0 Å². The van der Waals surface area contributed by atoms with Crippen LogP contribution in [0.4, 0.5) is 0 Å². The number of imidazole rings is 1. The summed E-state index contributed by atoms with van der Waals surface area (Å²) in [5.41, 5.74) is 1.49. The maximum Gasteiger partial charge on any atom is 0.335 e. The summed E-state index contributed by atoms with van der Waals surface area (Å²) < 4.78 is 12.6. The molecule has 0 radical (unpaired) electrons. The smallest absolute Gasteiger partial charge is 0.335 e. The number of hydrogen-bond donors (Lipinski definition) is 1. The van der Waals surface area contributed by atoms with E-state index in [4.69, 9.17) is 21.1 Å². The van der Waals surface area contributed by atoms with Crippen LogP contribution in [0.2, 0.25) is 0 Å². The number of halogens is 1. The Bertz CT molecular complexity index is 694. The Balaban J connectivity index is 2.17. The Morgan fingerprint density at radius 2 is 2.38 bits per heavy atom. The van der Waals surface area contributed by atoms with Crippen LogP contribution in [0.15, 0.2) is 12.1 Å². The highest BCUT2D eigenvalue weighted by atomic mass is 35.5. The van der Waals surface area contributed by atoms with E-state index in [1.165, 1.54) is 13.2 Å². The van der Waals surface area contributed by atoms with Crippen molar-refractivity contribution < 1.29 is 19.4 Å². The molecule has 0 spiro atoms. The van der Waals surface area contributed by atoms with Gasteiger partial charge in [-0.05, 0) is 18.6 Å². The summed E-state index contributed by atoms with van der Waals surface area (Å²) in [6, 6.07) is 3.07. The lowest BCUT2D eigenvalue weighted by Gasteiger charge is -2.27. The molecule has 7 heteroatoms. The molecule has 2 aromatic rings. The molecule has 6 nitrogen and oxygen atoms in total. The molecule has 1 fully saturated rings. The van der Waals surface area contributed by atoms with E-state index in [1.807, 2.05) is 4.57 Å². The van der Waals surface area contributed by atoms with Crippen molar-refractivity contribution in [1.29, 1.82) is 0 Å². The average molecular weight is 311 g/mol. The topological polar surface area (TPSA) is 73.6 Å². The molecular weight excluding hydrogens is 296 g/mol. The van der Waals surface area contributed by atoms with Gasteiger partial charge in [-0.3, -0.25) is 0 Å². The van der Waals surface area contributed by atoms with Gasteiger partial charge in [-0.25, -0.2) is 9.78 Å². The van der Waals surface area contributed by atoms with E-state index in [0.29, 0.717) is 29.2 Å². The Morgan fingerprint density at radius 3 is 2.90 bits per heavy atom. The number of ether oxygens (including phenoxy) is 2. The van der Waals surface area contributed by atoms with E-state index in [-0.39, 0.29) is 17.5 Å². The Labute approximate surface area is 126 Å². The number of methoxy groups -OCH3 is 1. The van der Waals surface area contributed by atoms with Crippen LogP contribution >= 0.6 is 11.6 Å². The summed E-state index contributed by atoms with van der Waals surface area (Å²) in [5.74, 6) is 0.357. The number of aromatic nitrogens is 2. The molecule has 0 amide bonds. The first-order valence-electron chi connectivity index (χ1n) is 6.62. The monoisotopic (exact) mass is 310 g/mol. The molecule has 0 bridgehead atoms. The van der Waals surface area contributed by atoms with Crippen LogP contribution in [0, 0.1) is 0 Å². The fourth-order valence-corrected chi connectivity index (χ4v) is 2.66. The first-order chi connectivity index (χ1) is 10.1. The maximum absolute atomic E-state index is 11.3. The van der Waals surface area contributed by atoms with E-state index in [9.17, 15) is 9.90 Å². The standard InChI is InChI=1S/C14H15ClN2O4/c1-20-11-5-8(14(18)19)4-10-13(11)16-12(6-15)17(10)7-9-2-3-21-9/h4-5,9H,2-3,6-7H2,1H3,(H,18,19). The second-order valence-corrected chi connectivity index (χ2v) is 5.17. The Kier molecular flexibility index (Phi) is 3.73. The molecule has 1 aliphatic rings. The largest absolute Gasteiger partial charge is 0.494 e. The second kappa shape index (κ2) is 5.54. The first kappa shape index (κ1) is 14.2. The lowest BCUT2D eigenvalue weighted by molar-refractivity contribution is -0.0589. The minimum atomic E-state index is -1.00. The molecule has 112 valence electrons. The lowest BCUT2D eigenvalue weighted by atomic mass is 10.1. The van der Waals surface area contributed by atoms with E-state index in [2.05, 4.69) is 4.98 Å². The van der Waals surface area contributed by atoms with Crippen LogP contribution in [0.25, 0.3) is 11.0 Å². The van der Waals surface area contributed by atoms with Crippen molar-refractivity contribution in [1.82, 2.24) is 9.55 Å². The van der Waals surface area contributed by atoms with E-state index < -0.39 is 5.97 Å². The zero-order valence-corrected chi connectivity index (χ0v) is 12.3. The minimum absolute atomic E-state index is 0.129. The number of nitrogens with zero attached hydrogens (tertiary/aromatic N) is 2. The number of aromatic carboxylic acids is 1. The summed E-state index contributed by atoms with van der Waals surface area (Å²) in [7, 11) is 1.49. The normalized spacial score (nSPS) is 17.7. The summed E-state index contributed by atoms with van der Waals surface area (Å²) in [6.45, 7) is 1.38. The summed E-state index contributed by atoms with van der Waals surface area (Å²) >= 11 is 5.96. The third kappa shape index (κ3) is 2.45. The van der Waals surface area contributed by atoms with Crippen molar-refractivity contribution in [2.45, 2.75) is 24.9 Å². The first-order valence-corrected chi connectivity index (χ1v) is 7.15. The number of alkyl halides is 1. The van der Waals surface area contributed by atoms with Crippen LogP contribution in [0.3, 0.4) is 0 Å². The molecule has 0 saturated carbocycles. The molecule has 1 aromatic carbocycles. The molecular formula is C14H15ClN2O4. The average Bonchev–Trinajstić information content (AvgIpc) is 2.79. The number of carbonyl (C=O) groups is 1. The number of fused-ring (bicyclic) bond motifs is 1. The molecule has 2 heterocycles. The van der Waals surface area contributed by atoms with Crippen molar-refractivity contribution in [3.05, 3.63) is 23.5 Å². The highest BCUT2D eigenvalue weighted by Gasteiger charge is 2.23. The summed E-state index contributed by atoms with van der Waals surface area (Å²) in [5, 5.41) is 9.22. The van der Waals surface area contributed by atoms with Crippen molar-refractivity contribution in [2.75, 3.05) is 13.7 Å². The zero-order valence-electron chi connectivity index (χ0n) is 11.5. The fraction of sp³-hybridized carbons (Fsp3) is 0.429. The molecule has 1 saturated heterocycles. The van der Waals surface area contributed by atoms with Crippen LogP contribution in [-0.4, -0.2) is 40.4 Å². The highest BCUT2D eigenvalue weighted by Crippen LogP contribution is 2.30. The minimum Gasteiger partial charge on any atom is -0.494 e. The predicted octanol–water partition coefficient (Wildman–Crippen LogP) is 2.27. The van der Waals surface area contributed by atoms with Crippen LogP contribution < -0.4 is 4.74 Å². The molecule has 0 aliphatic carbocycles. The van der Waals surface area contributed by atoms with Gasteiger partial charge in [0.15, 0.2) is 0 Å². The van der Waals surface area contributed by atoms with Gasteiger partial charge in [0.25, 0.3) is 0 Å². The number of benzene rings is 1. The van der Waals surface area contributed by atoms with E-state index in [0.717, 1.165) is 13.0 Å².